The van der Waals surface area contributed by atoms with Gasteiger partial charge in [-0.05, 0) is 67.3 Å². The van der Waals surface area contributed by atoms with Crippen molar-refractivity contribution in [1.29, 1.82) is 0 Å². The van der Waals surface area contributed by atoms with Crippen molar-refractivity contribution in [2.24, 2.45) is 11.8 Å². The van der Waals surface area contributed by atoms with Gasteiger partial charge in [0.2, 0.25) is 0 Å². The molecule has 1 saturated carbocycles. The van der Waals surface area contributed by atoms with Gasteiger partial charge in [-0.1, -0.05) is 42.8 Å². The zero-order chi connectivity index (χ0) is 24.1. The van der Waals surface area contributed by atoms with E-state index in [2.05, 4.69) is 5.32 Å². The molecular formula is C28H27NO5. The minimum absolute atomic E-state index is 0.0937. The maximum atomic E-state index is 12.8. The lowest BCUT2D eigenvalue weighted by atomic mass is 9.88. The standard InChI is InChI=1S/C28H27NO5/c1-2-34-23-16-12-21(13-17-23)27(31)29-22-14-10-19(11-15-22)18-6-8-20(9-7-18)26(30)24-4-3-5-25(24)28(32)33/h6-17,24-25H,2-5H2,1H3,(H,29,31)(H,32,33)/t24-,25-/m0/s1. The second kappa shape index (κ2) is 10.3. The van der Waals surface area contributed by atoms with E-state index in [0.717, 1.165) is 23.3 Å². The lowest BCUT2D eigenvalue weighted by Gasteiger charge is -2.14. The molecule has 1 aliphatic rings. The molecule has 6 heteroatoms. The van der Waals surface area contributed by atoms with E-state index in [4.69, 9.17) is 4.74 Å². The Kier molecular flexibility index (Phi) is 7.07. The lowest BCUT2D eigenvalue weighted by Crippen LogP contribution is -2.25. The number of carbonyl (C=O) groups excluding carboxylic acids is 2. The number of benzene rings is 3. The van der Waals surface area contributed by atoms with Crippen LogP contribution >= 0.6 is 0 Å². The van der Waals surface area contributed by atoms with Crippen LogP contribution in [-0.4, -0.2) is 29.4 Å². The topological polar surface area (TPSA) is 92.7 Å². The van der Waals surface area contributed by atoms with Gasteiger partial charge in [0.05, 0.1) is 12.5 Å². The van der Waals surface area contributed by atoms with Gasteiger partial charge >= 0.3 is 5.97 Å². The third-order valence-electron chi connectivity index (χ3n) is 6.24. The summed E-state index contributed by atoms with van der Waals surface area (Å²) in [6.45, 7) is 2.48. The molecule has 2 N–H and O–H groups in total. The van der Waals surface area contributed by atoms with E-state index in [-0.39, 0.29) is 11.7 Å². The molecular weight excluding hydrogens is 430 g/mol. The molecule has 2 atom stereocenters. The summed E-state index contributed by atoms with van der Waals surface area (Å²) in [6.07, 6.45) is 1.96. The zero-order valence-corrected chi connectivity index (χ0v) is 19.0. The monoisotopic (exact) mass is 457 g/mol. The average molecular weight is 458 g/mol. The summed E-state index contributed by atoms with van der Waals surface area (Å²) >= 11 is 0. The van der Waals surface area contributed by atoms with Crippen LogP contribution < -0.4 is 10.1 Å². The number of ketones is 1. The summed E-state index contributed by atoms with van der Waals surface area (Å²) in [7, 11) is 0. The molecule has 1 aliphatic carbocycles. The number of rotatable bonds is 8. The summed E-state index contributed by atoms with van der Waals surface area (Å²) in [4.78, 5) is 36.7. The number of hydrogen-bond acceptors (Lipinski definition) is 4. The maximum absolute atomic E-state index is 12.8. The summed E-state index contributed by atoms with van der Waals surface area (Å²) in [6, 6.07) is 21.7. The Hall–Kier alpha value is -3.93. The van der Waals surface area contributed by atoms with E-state index in [1.165, 1.54) is 0 Å². The van der Waals surface area contributed by atoms with Gasteiger partial charge in [-0.2, -0.15) is 0 Å². The van der Waals surface area contributed by atoms with Crippen LogP contribution in [-0.2, 0) is 4.79 Å². The van der Waals surface area contributed by atoms with Crippen LogP contribution in [0, 0.1) is 11.8 Å². The minimum atomic E-state index is -0.887. The SMILES string of the molecule is CCOc1ccc(C(=O)Nc2ccc(-c3ccc(C(=O)[C@H]4CCC[C@@H]4C(=O)O)cc3)cc2)cc1. The van der Waals surface area contributed by atoms with Crippen LogP contribution in [0.4, 0.5) is 5.69 Å². The molecule has 0 spiro atoms. The highest BCUT2D eigenvalue weighted by molar-refractivity contribution is 6.04. The van der Waals surface area contributed by atoms with Crippen LogP contribution in [0.2, 0.25) is 0 Å². The van der Waals surface area contributed by atoms with E-state index in [9.17, 15) is 19.5 Å². The van der Waals surface area contributed by atoms with E-state index in [0.29, 0.717) is 36.3 Å². The first kappa shape index (κ1) is 23.2. The summed E-state index contributed by atoms with van der Waals surface area (Å²) in [5.74, 6) is -1.49. The number of amides is 1. The molecule has 3 aromatic carbocycles. The first-order valence-corrected chi connectivity index (χ1v) is 11.5. The molecule has 0 unspecified atom stereocenters. The third-order valence-corrected chi connectivity index (χ3v) is 6.24. The Morgan fingerprint density at radius 1 is 0.824 bits per heavy atom. The third kappa shape index (κ3) is 5.17. The van der Waals surface area contributed by atoms with Gasteiger partial charge in [0.25, 0.3) is 5.91 Å². The van der Waals surface area contributed by atoms with Gasteiger partial charge < -0.3 is 15.2 Å². The largest absolute Gasteiger partial charge is 0.494 e. The van der Waals surface area contributed by atoms with Gasteiger partial charge in [0.15, 0.2) is 5.78 Å². The van der Waals surface area contributed by atoms with Gasteiger partial charge in [-0.25, -0.2) is 0 Å². The predicted octanol–water partition coefficient (Wildman–Crippen LogP) is 5.69. The molecule has 174 valence electrons. The van der Waals surface area contributed by atoms with Crippen molar-refractivity contribution >= 4 is 23.3 Å². The normalized spacial score (nSPS) is 17.2. The molecule has 0 aromatic heterocycles. The van der Waals surface area contributed by atoms with Crippen molar-refractivity contribution in [2.75, 3.05) is 11.9 Å². The molecule has 6 nitrogen and oxygen atoms in total. The molecule has 0 bridgehead atoms. The lowest BCUT2D eigenvalue weighted by molar-refractivity contribution is -0.142. The number of hydrogen-bond donors (Lipinski definition) is 2. The van der Waals surface area contributed by atoms with Crippen molar-refractivity contribution in [3.05, 3.63) is 83.9 Å². The van der Waals surface area contributed by atoms with Crippen LogP contribution in [0.5, 0.6) is 5.75 Å². The Morgan fingerprint density at radius 3 is 1.97 bits per heavy atom. The molecule has 1 fully saturated rings. The van der Waals surface area contributed by atoms with Crippen LogP contribution in [0.25, 0.3) is 11.1 Å². The quantitative estimate of drug-likeness (QED) is 0.424. The average Bonchev–Trinajstić information content (AvgIpc) is 3.35. The van der Waals surface area contributed by atoms with Crippen molar-refractivity contribution in [3.63, 3.8) is 0 Å². The second-order valence-electron chi connectivity index (χ2n) is 8.41. The van der Waals surface area contributed by atoms with Crippen LogP contribution in [0.15, 0.2) is 72.8 Å². The van der Waals surface area contributed by atoms with E-state index in [1.54, 1.807) is 36.4 Å². The molecule has 0 aliphatic heterocycles. The van der Waals surface area contributed by atoms with Crippen molar-refractivity contribution < 1.29 is 24.2 Å². The number of Topliss-reactive ketones (excluding diaryl/α,β-unsaturated/α-hetero) is 1. The molecule has 0 heterocycles. The Labute approximate surface area is 198 Å². The Balaban J connectivity index is 1.40. The minimum Gasteiger partial charge on any atom is -0.494 e. The van der Waals surface area contributed by atoms with E-state index < -0.39 is 17.8 Å². The number of ether oxygens (including phenoxy) is 1. The maximum Gasteiger partial charge on any atom is 0.307 e. The number of carboxylic acids is 1. The molecule has 0 saturated heterocycles. The number of carbonyl (C=O) groups is 3. The number of nitrogens with one attached hydrogen (secondary N) is 1. The summed E-state index contributed by atoms with van der Waals surface area (Å²) in [5, 5.41) is 12.2. The number of aliphatic carboxylic acids is 1. The molecule has 3 aromatic rings. The fraction of sp³-hybridized carbons (Fsp3) is 0.250. The highest BCUT2D eigenvalue weighted by atomic mass is 16.5. The smallest absolute Gasteiger partial charge is 0.307 e. The fourth-order valence-electron chi connectivity index (χ4n) is 4.43. The van der Waals surface area contributed by atoms with Crippen molar-refractivity contribution in [2.45, 2.75) is 26.2 Å². The highest BCUT2D eigenvalue weighted by Gasteiger charge is 2.37. The van der Waals surface area contributed by atoms with Gasteiger partial charge in [-0.3, -0.25) is 14.4 Å². The first-order valence-electron chi connectivity index (χ1n) is 11.5. The molecule has 0 radical (unpaired) electrons. The predicted molar refractivity (Wildman–Crippen MR) is 130 cm³/mol. The molecule has 4 rings (SSSR count). The molecule has 34 heavy (non-hydrogen) atoms. The second-order valence-corrected chi connectivity index (χ2v) is 8.41. The zero-order valence-electron chi connectivity index (χ0n) is 19.0. The van der Waals surface area contributed by atoms with Crippen molar-refractivity contribution in [3.8, 4) is 16.9 Å². The number of anilines is 1. The van der Waals surface area contributed by atoms with Crippen LogP contribution in [0.1, 0.15) is 46.9 Å². The fourth-order valence-corrected chi connectivity index (χ4v) is 4.43. The van der Waals surface area contributed by atoms with Gasteiger partial charge in [-0.15, -0.1) is 0 Å². The van der Waals surface area contributed by atoms with Crippen molar-refractivity contribution in [1.82, 2.24) is 0 Å². The first-order chi connectivity index (χ1) is 16.5. The van der Waals surface area contributed by atoms with Crippen LogP contribution in [0.3, 0.4) is 0 Å². The van der Waals surface area contributed by atoms with Gasteiger partial charge in [0.1, 0.15) is 5.75 Å². The number of carboxylic acid groups (broad SMARTS) is 1. The Bertz CT molecular complexity index is 1170. The summed E-state index contributed by atoms with van der Waals surface area (Å²) < 4.78 is 5.40. The highest BCUT2D eigenvalue weighted by Crippen LogP contribution is 2.35. The van der Waals surface area contributed by atoms with E-state index >= 15 is 0 Å². The molecule has 1 amide bonds. The summed E-state index contributed by atoms with van der Waals surface area (Å²) in [5.41, 5.74) is 3.64. The Morgan fingerprint density at radius 2 is 1.38 bits per heavy atom. The van der Waals surface area contributed by atoms with E-state index in [1.807, 2.05) is 43.3 Å². The van der Waals surface area contributed by atoms with Gasteiger partial charge in [0, 0.05) is 22.7 Å².